The fraction of sp³-hybridized carbons (Fsp3) is 0.182. The van der Waals surface area contributed by atoms with Gasteiger partial charge in [0, 0.05) is 12.6 Å². The molecule has 0 fully saturated rings. The molecule has 1 N–H and O–H groups in total. The van der Waals surface area contributed by atoms with Crippen LogP contribution in [0.5, 0.6) is 11.5 Å². The third kappa shape index (κ3) is 4.44. The molecular formula is C22H21NO4. The second-order valence-corrected chi connectivity index (χ2v) is 6.32. The molecule has 3 aromatic rings. The van der Waals surface area contributed by atoms with Gasteiger partial charge >= 0.3 is 5.97 Å². The molecule has 1 amide bonds. The molecule has 0 saturated heterocycles. The molecule has 0 saturated carbocycles. The highest BCUT2D eigenvalue weighted by atomic mass is 16.5. The van der Waals surface area contributed by atoms with Crippen LogP contribution >= 0.6 is 0 Å². The van der Waals surface area contributed by atoms with Gasteiger partial charge in [0.15, 0.2) is 0 Å². The molecule has 0 aliphatic heterocycles. The number of rotatable bonds is 5. The molecule has 0 aliphatic carbocycles. The van der Waals surface area contributed by atoms with Gasteiger partial charge in [-0.3, -0.25) is 9.59 Å². The van der Waals surface area contributed by atoms with Crippen LogP contribution in [0.3, 0.4) is 0 Å². The highest BCUT2D eigenvalue weighted by Gasteiger charge is 2.18. The molecule has 1 atom stereocenters. The summed E-state index contributed by atoms with van der Waals surface area (Å²) in [5.74, 6) is 0.334. The van der Waals surface area contributed by atoms with Crippen LogP contribution < -0.4 is 14.8 Å². The average molecular weight is 363 g/mol. The first-order chi connectivity index (χ1) is 13.0. The molecule has 5 nitrogen and oxygen atoms in total. The number of carbonyl (C=O) groups is 2. The third-order valence-electron chi connectivity index (χ3n) is 4.32. The number of anilines is 1. The van der Waals surface area contributed by atoms with E-state index < -0.39 is 5.92 Å². The van der Waals surface area contributed by atoms with Gasteiger partial charge in [0.25, 0.3) is 0 Å². The van der Waals surface area contributed by atoms with Crippen LogP contribution in [0.1, 0.15) is 25.3 Å². The molecule has 0 aliphatic rings. The molecule has 0 radical (unpaired) electrons. The fourth-order valence-corrected chi connectivity index (χ4v) is 2.79. The summed E-state index contributed by atoms with van der Waals surface area (Å²) in [6, 6.07) is 18.4. The lowest BCUT2D eigenvalue weighted by Gasteiger charge is -2.13. The molecule has 0 spiro atoms. The van der Waals surface area contributed by atoms with Gasteiger partial charge in [-0.25, -0.2) is 0 Å². The lowest BCUT2D eigenvalue weighted by molar-refractivity contribution is -0.135. The van der Waals surface area contributed by atoms with Crippen LogP contribution in [0.25, 0.3) is 10.8 Å². The molecule has 0 heterocycles. The van der Waals surface area contributed by atoms with Crippen molar-refractivity contribution in [3.8, 4) is 11.5 Å². The zero-order valence-electron chi connectivity index (χ0n) is 15.5. The maximum Gasteiger partial charge on any atom is 0.318 e. The van der Waals surface area contributed by atoms with Gasteiger partial charge in [0.05, 0.1) is 13.0 Å². The van der Waals surface area contributed by atoms with Gasteiger partial charge in [0.2, 0.25) is 5.91 Å². The van der Waals surface area contributed by atoms with E-state index >= 15 is 0 Å². The summed E-state index contributed by atoms with van der Waals surface area (Å²) in [7, 11) is 1.64. The standard InChI is InChI=1S/C22H21NO4/c1-14(16-4-5-18-13-21(26-3)9-6-17(18)12-16)22(25)27-20-10-7-19(8-11-20)23-15(2)24/h4-14H,1-3H3,(H,23,24). The van der Waals surface area contributed by atoms with Crippen molar-refractivity contribution >= 4 is 28.3 Å². The van der Waals surface area contributed by atoms with Crippen LogP contribution in [0.15, 0.2) is 60.7 Å². The van der Waals surface area contributed by atoms with Crippen molar-refractivity contribution in [1.29, 1.82) is 0 Å². The first kappa shape index (κ1) is 18.5. The predicted molar refractivity (Wildman–Crippen MR) is 105 cm³/mol. The Hall–Kier alpha value is -3.34. The van der Waals surface area contributed by atoms with E-state index in [0.29, 0.717) is 11.4 Å². The van der Waals surface area contributed by atoms with Crippen molar-refractivity contribution < 1.29 is 19.1 Å². The first-order valence-electron chi connectivity index (χ1n) is 8.63. The van der Waals surface area contributed by atoms with Crippen molar-refractivity contribution in [3.63, 3.8) is 0 Å². The van der Waals surface area contributed by atoms with Crippen LogP contribution in [0.2, 0.25) is 0 Å². The van der Waals surface area contributed by atoms with Crippen molar-refractivity contribution in [1.82, 2.24) is 0 Å². The molecule has 27 heavy (non-hydrogen) atoms. The second-order valence-electron chi connectivity index (χ2n) is 6.32. The smallest absolute Gasteiger partial charge is 0.318 e. The monoisotopic (exact) mass is 363 g/mol. The number of methoxy groups -OCH3 is 1. The van der Waals surface area contributed by atoms with E-state index in [4.69, 9.17) is 9.47 Å². The Morgan fingerprint density at radius 2 is 1.52 bits per heavy atom. The minimum Gasteiger partial charge on any atom is -0.497 e. The second kappa shape index (κ2) is 7.91. The molecule has 3 rings (SSSR count). The Kier molecular flexibility index (Phi) is 5.41. The maximum atomic E-state index is 12.5. The zero-order valence-corrected chi connectivity index (χ0v) is 15.5. The predicted octanol–water partition coefficient (Wildman–Crippen LogP) is 4.52. The van der Waals surface area contributed by atoms with Gasteiger partial charge in [-0.2, -0.15) is 0 Å². The summed E-state index contributed by atoms with van der Waals surface area (Å²) in [5, 5.41) is 4.75. The van der Waals surface area contributed by atoms with Crippen molar-refractivity contribution in [2.24, 2.45) is 0 Å². The lowest BCUT2D eigenvalue weighted by atomic mass is 9.98. The normalized spacial score (nSPS) is 11.7. The Balaban J connectivity index is 1.72. The lowest BCUT2D eigenvalue weighted by Crippen LogP contribution is -2.16. The van der Waals surface area contributed by atoms with Crippen LogP contribution in [-0.4, -0.2) is 19.0 Å². The number of hydrogen-bond donors (Lipinski definition) is 1. The molecule has 3 aromatic carbocycles. The van der Waals surface area contributed by atoms with Crippen molar-refractivity contribution in [2.75, 3.05) is 12.4 Å². The van der Waals surface area contributed by atoms with E-state index in [2.05, 4.69) is 5.32 Å². The quantitative estimate of drug-likeness (QED) is 0.535. The number of carbonyl (C=O) groups excluding carboxylic acids is 2. The SMILES string of the molecule is COc1ccc2cc(C(C)C(=O)Oc3ccc(NC(C)=O)cc3)ccc2c1. The number of esters is 1. The molecule has 5 heteroatoms. The zero-order chi connectivity index (χ0) is 19.4. The Labute approximate surface area is 157 Å². The molecule has 0 bridgehead atoms. The maximum absolute atomic E-state index is 12.5. The van der Waals surface area contributed by atoms with Crippen molar-refractivity contribution in [3.05, 3.63) is 66.2 Å². The highest BCUT2D eigenvalue weighted by Crippen LogP contribution is 2.26. The van der Waals surface area contributed by atoms with E-state index in [0.717, 1.165) is 22.1 Å². The minimum atomic E-state index is -0.411. The van der Waals surface area contributed by atoms with Crippen LogP contribution in [-0.2, 0) is 9.59 Å². The Morgan fingerprint density at radius 3 is 2.19 bits per heavy atom. The van der Waals surface area contributed by atoms with Gasteiger partial charge in [-0.05, 0) is 59.7 Å². The van der Waals surface area contributed by atoms with Gasteiger partial charge < -0.3 is 14.8 Å². The van der Waals surface area contributed by atoms with E-state index in [9.17, 15) is 9.59 Å². The van der Waals surface area contributed by atoms with Crippen molar-refractivity contribution in [2.45, 2.75) is 19.8 Å². The summed E-state index contributed by atoms with van der Waals surface area (Å²) in [6.07, 6.45) is 0. The summed E-state index contributed by atoms with van der Waals surface area (Å²) < 4.78 is 10.7. The number of amides is 1. The van der Waals surface area contributed by atoms with E-state index in [1.807, 2.05) is 43.3 Å². The van der Waals surface area contributed by atoms with E-state index in [1.54, 1.807) is 31.4 Å². The minimum absolute atomic E-state index is 0.151. The Morgan fingerprint density at radius 1 is 0.889 bits per heavy atom. The fourth-order valence-electron chi connectivity index (χ4n) is 2.79. The molecule has 138 valence electrons. The summed E-state index contributed by atoms with van der Waals surface area (Å²) in [4.78, 5) is 23.5. The molecule has 0 aromatic heterocycles. The third-order valence-corrected chi connectivity index (χ3v) is 4.32. The molecule has 1 unspecified atom stereocenters. The Bertz CT molecular complexity index is 979. The number of fused-ring (bicyclic) bond motifs is 1. The largest absolute Gasteiger partial charge is 0.497 e. The molecular weight excluding hydrogens is 342 g/mol. The van der Waals surface area contributed by atoms with Gasteiger partial charge in [0.1, 0.15) is 11.5 Å². The average Bonchev–Trinajstić information content (AvgIpc) is 2.67. The van der Waals surface area contributed by atoms with E-state index in [1.165, 1.54) is 6.92 Å². The van der Waals surface area contributed by atoms with Gasteiger partial charge in [-0.1, -0.05) is 24.3 Å². The van der Waals surface area contributed by atoms with E-state index in [-0.39, 0.29) is 11.9 Å². The topological polar surface area (TPSA) is 64.6 Å². The van der Waals surface area contributed by atoms with Crippen LogP contribution in [0, 0.1) is 0 Å². The first-order valence-corrected chi connectivity index (χ1v) is 8.63. The summed E-state index contributed by atoms with van der Waals surface area (Å²) in [6.45, 7) is 3.26. The highest BCUT2D eigenvalue weighted by molar-refractivity contribution is 5.89. The van der Waals surface area contributed by atoms with Gasteiger partial charge in [-0.15, -0.1) is 0 Å². The van der Waals surface area contributed by atoms with Crippen LogP contribution in [0.4, 0.5) is 5.69 Å². The number of benzene rings is 3. The summed E-state index contributed by atoms with van der Waals surface area (Å²) >= 11 is 0. The number of nitrogens with one attached hydrogen (secondary N) is 1. The number of ether oxygens (including phenoxy) is 2. The summed E-state index contributed by atoms with van der Waals surface area (Å²) in [5.41, 5.74) is 1.54. The number of hydrogen-bond acceptors (Lipinski definition) is 4.